The van der Waals surface area contributed by atoms with Crippen molar-refractivity contribution < 1.29 is 14.1 Å². The van der Waals surface area contributed by atoms with E-state index in [4.69, 9.17) is 4.52 Å². The van der Waals surface area contributed by atoms with E-state index in [1.807, 2.05) is 31.4 Å². The number of thiazole rings is 1. The number of benzene rings is 1. The Hall–Kier alpha value is -3.59. The number of amides is 2. The third-order valence-electron chi connectivity index (χ3n) is 5.46. The molecule has 4 rings (SSSR count). The molecule has 0 unspecified atom stereocenters. The first-order valence-corrected chi connectivity index (χ1v) is 12.1. The van der Waals surface area contributed by atoms with Crippen LogP contribution in [0, 0.1) is 6.92 Å². The second-order valence-electron chi connectivity index (χ2n) is 8.47. The number of hydrogen-bond acceptors (Lipinski definition) is 7. The number of nitrogens with one attached hydrogen (secondary N) is 2. The average molecular weight is 478 g/mol. The smallest absolute Gasteiger partial charge is 0.259 e. The van der Waals surface area contributed by atoms with Gasteiger partial charge in [-0.25, -0.2) is 9.97 Å². The highest BCUT2D eigenvalue weighted by Crippen LogP contribution is 2.28. The Balaban J connectivity index is 1.47. The zero-order valence-electron chi connectivity index (χ0n) is 19.6. The van der Waals surface area contributed by atoms with Crippen LogP contribution in [0.5, 0.6) is 0 Å². The van der Waals surface area contributed by atoms with Gasteiger partial charge in [0.1, 0.15) is 0 Å². The van der Waals surface area contributed by atoms with Crippen molar-refractivity contribution in [2.45, 2.75) is 46.5 Å². The highest BCUT2D eigenvalue weighted by Gasteiger charge is 2.20. The molecule has 0 bridgehead atoms. The van der Waals surface area contributed by atoms with Crippen LogP contribution in [0.3, 0.4) is 0 Å². The molecule has 0 fully saturated rings. The Morgan fingerprint density at radius 1 is 1.15 bits per heavy atom. The highest BCUT2D eigenvalue weighted by molar-refractivity contribution is 7.14. The van der Waals surface area contributed by atoms with Gasteiger partial charge in [-0.15, -0.1) is 11.3 Å². The first-order valence-electron chi connectivity index (χ1n) is 11.2. The zero-order valence-corrected chi connectivity index (χ0v) is 20.5. The van der Waals surface area contributed by atoms with E-state index in [-0.39, 0.29) is 17.7 Å². The molecule has 0 saturated carbocycles. The number of pyridine rings is 1. The number of anilines is 1. The molecule has 0 aliphatic carbocycles. The van der Waals surface area contributed by atoms with Crippen LogP contribution >= 0.6 is 11.3 Å². The predicted molar refractivity (Wildman–Crippen MR) is 133 cm³/mol. The van der Waals surface area contributed by atoms with Crippen molar-refractivity contribution in [2.75, 3.05) is 11.9 Å². The van der Waals surface area contributed by atoms with Crippen molar-refractivity contribution in [3.8, 4) is 11.3 Å². The third-order valence-corrected chi connectivity index (χ3v) is 6.22. The van der Waals surface area contributed by atoms with E-state index in [0.29, 0.717) is 34.0 Å². The lowest BCUT2D eigenvalue weighted by atomic mass is 10.0. The van der Waals surface area contributed by atoms with E-state index in [1.54, 1.807) is 13.0 Å². The largest absolute Gasteiger partial charge is 0.356 e. The lowest BCUT2D eigenvalue weighted by Gasteiger charge is -2.08. The lowest BCUT2D eigenvalue weighted by molar-refractivity contribution is -0.118. The van der Waals surface area contributed by atoms with Gasteiger partial charge in [0, 0.05) is 30.1 Å². The van der Waals surface area contributed by atoms with Gasteiger partial charge in [-0.3, -0.25) is 14.9 Å². The maximum absolute atomic E-state index is 13.1. The quantitative estimate of drug-likeness (QED) is 0.342. The summed E-state index contributed by atoms with van der Waals surface area (Å²) in [4.78, 5) is 33.2. The number of carbonyl (C=O) groups excluding carboxylic acids is 2. The normalized spacial score (nSPS) is 11.2. The summed E-state index contributed by atoms with van der Waals surface area (Å²) in [5, 5.41) is 12.8. The molecular formula is C25H27N5O3S. The third kappa shape index (κ3) is 5.31. The molecule has 0 saturated heterocycles. The Morgan fingerprint density at radius 2 is 1.91 bits per heavy atom. The van der Waals surface area contributed by atoms with Crippen molar-refractivity contribution in [1.82, 2.24) is 20.4 Å². The number of nitrogens with zero attached hydrogens (tertiary/aromatic N) is 3. The SMILES string of the molecule is CC(=O)NCCCc1ccc(-c2csc(NC(=O)c3cc(C(C)C)nc4onc(C)c34)n2)cc1. The average Bonchev–Trinajstić information content (AvgIpc) is 3.43. The summed E-state index contributed by atoms with van der Waals surface area (Å²) < 4.78 is 5.32. The predicted octanol–water partition coefficient (Wildman–Crippen LogP) is 5.10. The molecule has 3 aromatic heterocycles. The molecular weight excluding hydrogens is 450 g/mol. The van der Waals surface area contributed by atoms with Gasteiger partial charge in [0.2, 0.25) is 5.91 Å². The molecule has 0 atom stereocenters. The molecule has 8 nitrogen and oxygen atoms in total. The molecule has 1 aromatic carbocycles. The fraction of sp³-hybridized carbons (Fsp3) is 0.320. The first-order chi connectivity index (χ1) is 16.3. The molecule has 3 heterocycles. The Labute approximate surface area is 201 Å². The van der Waals surface area contributed by atoms with Gasteiger partial charge in [0.05, 0.1) is 22.3 Å². The molecule has 0 radical (unpaired) electrons. The summed E-state index contributed by atoms with van der Waals surface area (Å²) in [6.07, 6.45) is 1.78. The van der Waals surface area contributed by atoms with Gasteiger partial charge < -0.3 is 9.84 Å². The Kier molecular flexibility index (Phi) is 7.02. The van der Waals surface area contributed by atoms with Crippen LogP contribution in [0.4, 0.5) is 5.13 Å². The van der Waals surface area contributed by atoms with Gasteiger partial charge in [-0.2, -0.15) is 0 Å². The molecule has 4 aromatic rings. The minimum Gasteiger partial charge on any atom is -0.356 e. The molecule has 34 heavy (non-hydrogen) atoms. The number of fused-ring (bicyclic) bond motifs is 1. The van der Waals surface area contributed by atoms with Crippen LogP contribution in [0.1, 0.15) is 60.4 Å². The second-order valence-corrected chi connectivity index (χ2v) is 9.33. The summed E-state index contributed by atoms with van der Waals surface area (Å²) in [5.41, 5.74) is 5.22. The number of carbonyl (C=O) groups is 2. The van der Waals surface area contributed by atoms with Crippen LogP contribution < -0.4 is 10.6 Å². The molecule has 176 valence electrons. The van der Waals surface area contributed by atoms with Crippen LogP contribution in [0.25, 0.3) is 22.4 Å². The van der Waals surface area contributed by atoms with Crippen molar-refractivity contribution in [3.05, 3.63) is 58.2 Å². The van der Waals surface area contributed by atoms with Crippen LogP contribution in [-0.4, -0.2) is 33.5 Å². The van der Waals surface area contributed by atoms with Crippen molar-refractivity contribution in [1.29, 1.82) is 0 Å². The van der Waals surface area contributed by atoms with E-state index >= 15 is 0 Å². The summed E-state index contributed by atoms with van der Waals surface area (Å²) in [6, 6.07) is 9.98. The maximum atomic E-state index is 13.1. The summed E-state index contributed by atoms with van der Waals surface area (Å²) in [6.45, 7) is 8.02. The molecule has 0 aliphatic heterocycles. The van der Waals surface area contributed by atoms with E-state index in [2.05, 4.69) is 37.9 Å². The van der Waals surface area contributed by atoms with Gasteiger partial charge in [-0.05, 0) is 37.3 Å². The van der Waals surface area contributed by atoms with E-state index in [1.165, 1.54) is 23.8 Å². The van der Waals surface area contributed by atoms with Crippen LogP contribution in [0.2, 0.25) is 0 Å². The molecule has 2 amide bonds. The first kappa shape index (κ1) is 23.6. The van der Waals surface area contributed by atoms with Gasteiger partial charge in [-0.1, -0.05) is 43.3 Å². The van der Waals surface area contributed by atoms with Crippen molar-refractivity contribution in [3.63, 3.8) is 0 Å². The molecule has 9 heteroatoms. The van der Waals surface area contributed by atoms with E-state index in [0.717, 1.165) is 29.8 Å². The summed E-state index contributed by atoms with van der Waals surface area (Å²) in [5.74, 6) is -0.135. The summed E-state index contributed by atoms with van der Waals surface area (Å²) >= 11 is 1.38. The van der Waals surface area contributed by atoms with Gasteiger partial charge in [0.15, 0.2) is 5.13 Å². The second kappa shape index (κ2) is 10.1. The zero-order chi connectivity index (χ0) is 24.2. The standard InChI is InChI=1S/C25H27N5O3S/c1-14(2)20-12-19(22-15(3)30-33-24(22)27-20)23(32)29-25-28-21(13-34-25)18-9-7-17(8-10-18)6-5-11-26-16(4)31/h7-10,12-14H,5-6,11H2,1-4H3,(H,26,31)(H,28,29,32). The molecule has 0 spiro atoms. The van der Waals surface area contributed by atoms with Crippen LogP contribution in [-0.2, 0) is 11.2 Å². The number of hydrogen-bond donors (Lipinski definition) is 2. The maximum Gasteiger partial charge on any atom is 0.259 e. The van der Waals surface area contributed by atoms with Crippen molar-refractivity contribution >= 4 is 39.4 Å². The Bertz CT molecular complexity index is 1320. The lowest BCUT2D eigenvalue weighted by Crippen LogP contribution is -2.21. The van der Waals surface area contributed by atoms with E-state index < -0.39 is 0 Å². The monoisotopic (exact) mass is 477 g/mol. The number of rotatable bonds is 8. The summed E-state index contributed by atoms with van der Waals surface area (Å²) in [7, 11) is 0. The van der Waals surface area contributed by atoms with Crippen molar-refractivity contribution in [2.24, 2.45) is 0 Å². The Morgan fingerprint density at radius 3 is 2.62 bits per heavy atom. The number of aromatic nitrogens is 3. The topological polar surface area (TPSA) is 110 Å². The molecule has 2 N–H and O–H groups in total. The fourth-order valence-corrected chi connectivity index (χ4v) is 4.33. The minimum atomic E-state index is -0.268. The number of aryl methyl sites for hydroxylation is 2. The van der Waals surface area contributed by atoms with Crippen LogP contribution in [0.15, 0.2) is 40.2 Å². The minimum absolute atomic E-state index is 0.00736. The fourth-order valence-electron chi connectivity index (χ4n) is 3.62. The highest BCUT2D eigenvalue weighted by atomic mass is 32.1. The van der Waals surface area contributed by atoms with E-state index in [9.17, 15) is 9.59 Å². The molecule has 0 aliphatic rings. The van der Waals surface area contributed by atoms with Gasteiger partial charge in [0.25, 0.3) is 11.6 Å². The van der Waals surface area contributed by atoms with Gasteiger partial charge >= 0.3 is 0 Å².